The maximum atomic E-state index is 13.3. The Bertz CT molecular complexity index is 563. The number of aromatic nitrogens is 2. The van der Waals surface area contributed by atoms with E-state index in [4.69, 9.17) is 4.74 Å². The molecular weight excluding hydrogens is 325 g/mol. The summed E-state index contributed by atoms with van der Waals surface area (Å²) >= 11 is 3.09. The first-order valence-corrected chi connectivity index (χ1v) is 7.13. The van der Waals surface area contributed by atoms with Crippen LogP contribution in [0.2, 0.25) is 0 Å². The lowest BCUT2D eigenvalue weighted by Gasteiger charge is -2.06. The Morgan fingerprint density at radius 1 is 1.30 bits per heavy atom. The number of benzene rings is 1. The van der Waals surface area contributed by atoms with Crippen LogP contribution in [0, 0.1) is 5.82 Å². The second-order valence-corrected chi connectivity index (χ2v) is 5.06. The molecule has 2 aromatic rings. The Labute approximate surface area is 125 Å². The highest BCUT2D eigenvalue weighted by atomic mass is 79.9. The van der Waals surface area contributed by atoms with Crippen LogP contribution in [0.1, 0.15) is 19.0 Å². The molecule has 0 saturated heterocycles. The molecule has 0 saturated carbocycles. The molecule has 4 nitrogen and oxygen atoms in total. The highest BCUT2D eigenvalue weighted by Gasteiger charge is 2.04. The molecule has 0 fully saturated rings. The van der Waals surface area contributed by atoms with Gasteiger partial charge in [-0.25, -0.2) is 9.37 Å². The first-order chi connectivity index (χ1) is 9.69. The van der Waals surface area contributed by atoms with Crippen LogP contribution in [0.25, 0.3) is 0 Å². The van der Waals surface area contributed by atoms with E-state index in [2.05, 4.69) is 38.1 Å². The molecule has 0 bridgehead atoms. The first kappa shape index (κ1) is 14.9. The van der Waals surface area contributed by atoms with Crippen LogP contribution in [0.4, 0.5) is 4.39 Å². The van der Waals surface area contributed by atoms with Gasteiger partial charge in [0, 0.05) is 12.6 Å². The topological polar surface area (TPSA) is 47.0 Å². The van der Waals surface area contributed by atoms with Gasteiger partial charge in [-0.2, -0.15) is 0 Å². The van der Waals surface area contributed by atoms with Crippen molar-refractivity contribution in [3.8, 4) is 11.6 Å². The molecule has 0 aliphatic heterocycles. The minimum absolute atomic E-state index is 0.339. The zero-order chi connectivity index (χ0) is 14.4. The van der Waals surface area contributed by atoms with Crippen LogP contribution < -0.4 is 10.1 Å². The van der Waals surface area contributed by atoms with Gasteiger partial charge in [-0.3, -0.25) is 4.98 Å². The van der Waals surface area contributed by atoms with Crippen molar-refractivity contribution in [2.45, 2.75) is 19.9 Å². The predicted molar refractivity (Wildman–Crippen MR) is 78.2 cm³/mol. The number of halogens is 2. The van der Waals surface area contributed by atoms with E-state index in [1.165, 1.54) is 12.3 Å². The lowest BCUT2D eigenvalue weighted by Crippen LogP contribution is -2.14. The fraction of sp³-hybridized carbons (Fsp3) is 0.286. The van der Waals surface area contributed by atoms with Crippen LogP contribution in [-0.4, -0.2) is 16.5 Å². The van der Waals surface area contributed by atoms with E-state index < -0.39 is 0 Å². The molecule has 106 valence electrons. The quantitative estimate of drug-likeness (QED) is 0.815. The van der Waals surface area contributed by atoms with Crippen molar-refractivity contribution in [1.29, 1.82) is 0 Å². The minimum atomic E-state index is -0.379. The number of nitrogens with zero attached hydrogens (tertiary/aromatic N) is 2. The molecule has 1 aromatic heterocycles. The van der Waals surface area contributed by atoms with E-state index in [0.29, 0.717) is 22.6 Å². The summed E-state index contributed by atoms with van der Waals surface area (Å²) in [5.41, 5.74) is 0.841. The van der Waals surface area contributed by atoms with Gasteiger partial charge in [0.05, 0.1) is 22.6 Å². The lowest BCUT2D eigenvalue weighted by molar-refractivity contribution is 0.453. The fourth-order valence-corrected chi connectivity index (χ4v) is 1.79. The molecule has 0 radical (unpaired) electrons. The summed E-state index contributed by atoms with van der Waals surface area (Å²) in [5.74, 6) is 0.346. The van der Waals surface area contributed by atoms with Crippen molar-refractivity contribution in [2.24, 2.45) is 0 Å². The Morgan fingerprint density at radius 3 is 2.80 bits per heavy atom. The number of ether oxygens (including phenoxy) is 1. The van der Waals surface area contributed by atoms with Gasteiger partial charge in [-0.05, 0) is 41.0 Å². The SMILES string of the molecule is CCCNCc1cnc(Oc2ccc(Br)c(F)c2)cn1. The van der Waals surface area contributed by atoms with E-state index in [1.54, 1.807) is 18.3 Å². The molecule has 0 unspecified atom stereocenters. The van der Waals surface area contributed by atoms with E-state index in [0.717, 1.165) is 18.7 Å². The molecule has 1 N–H and O–H groups in total. The van der Waals surface area contributed by atoms with Crippen molar-refractivity contribution in [3.63, 3.8) is 0 Å². The van der Waals surface area contributed by atoms with Crippen LogP contribution in [0.3, 0.4) is 0 Å². The summed E-state index contributed by atoms with van der Waals surface area (Å²) in [5, 5.41) is 3.24. The molecule has 0 spiro atoms. The maximum Gasteiger partial charge on any atom is 0.237 e. The third-order valence-corrected chi connectivity index (χ3v) is 3.17. The summed E-state index contributed by atoms with van der Waals surface area (Å²) < 4.78 is 19.2. The van der Waals surface area contributed by atoms with Crippen molar-refractivity contribution in [1.82, 2.24) is 15.3 Å². The van der Waals surface area contributed by atoms with Crippen LogP contribution >= 0.6 is 15.9 Å². The van der Waals surface area contributed by atoms with Crippen LogP contribution in [0.15, 0.2) is 35.1 Å². The highest BCUT2D eigenvalue weighted by molar-refractivity contribution is 9.10. The third kappa shape index (κ3) is 4.25. The average Bonchev–Trinajstić information content (AvgIpc) is 2.45. The van der Waals surface area contributed by atoms with Crippen molar-refractivity contribution in [3.05, 3.63) is 46.6 Å². The molecular formula is C14H15BrFN3O. The zero-order valence-corrected chi connectivity index (χ0v) is 12.7. The van der Waals surface area contributed by atoms with E-state index in [9.17, 15) is 4.39 Å². The van der Waals surface area contributed by atoms with Gasteiger partial charge in [0.15, 0.2) is 0 Å². The maximum absolute atomic E-state index is 13.3. The van der Waals surface area contributed by atoms with Crippen molar-refractivity contribution < 1.29 is 9.13 Å². The minimum Gasteiger partial charge on any atom is -0.437 e. The van der Waals surface area contributed by atoms with Crippen LogP contribution in [-0.2, 0) is 6.54 Å². The van der Waals surface area contributed by atoms with Crippen LogP contribution in [0.5, 0.6) is 11.6 Å². The zero-order valence-electron chi connectivity index (χ0n) is 11.1. The van der Waals surface area contributed by atoms with Gasteiger partial charge in [0.2, 0.25) is 5.88 Å². The fourth-order valence-electron chi connectivity index (χ4n) is 1.54. The molecule has 1 heterocycles. The molecule has 20 heavy (non-hydrogen) atoms. The Morgan fingerprint density at radius 2 is 2.15 bits per heavy atom. The normalized spacial score (nSPS) is 10.6. The van der Waals surface area contributed by atoms with Gasteiger partial charge in [-0.15, -0.1) is 0 Å². The monoisotopic (exact) mass is 339 g/mol. The van der Waals surface area contributed by atoms with Crippen molar-refractivity contribution in [2.75, 3.05) is 6.54 Å². The number of rotatable bonds is 6. The van der Waals surface area contributed by atoms with Gasteiger partial charge in [-0.1, -0.05) is 6.92 Å². The Hall–Kier alpha value is -1.53. The largest absolute Gasteiger partial charge is 0.437 e. The Balaban J connectivity index is 1.97. The molecule has 6 heteroatoms. The first-order valence-electron chi connectivity index (χ1n) is 6.33. The standard InChI is InChI=1S/C14H15BrFN3O/c1-2-5-17-7-10-8-19-14(9-18-10)20-11-3-4-12(15)13(16)6-11/h3-4,6,8-9,17H,2,5,7H2,1H3. The van der Waals surface area contributed by atoms with Crippen molar-refractivity contribution >= 4 is 15.9 Å². The lowest BCUT2D eigenvalue weighted by atomic mass is 10.3. The number of hydrogen-bond acceptors (Lipinski definition) is 4. The number of hydrogen-bond donors (Lipinski definition) is 1. The summed E-state index contributed by atoms with van der Waals surface area (Å²) in [6.07, 6.45) is 4.25. The molecule has 1 aromatic carbocycles. The Kier molecular flexibility index (Phi) is 5.43. The van der Waals surface area contributed by atoms with Gasteiger partial charge in [0.25, 0.3) is 0 Å². The molecule has 0 aliphatic carbocycles. The van der Waals surface area contributed by atoms with Gasteiger partial charge in [0.1, 0.15) is 11.6 Å². The van der Waals surface area contributed by atoms with E-state index in [1.807, 2.05) is 0 Å². The summed E-state index contributed by atoms with van der Waals surface area (Å²) in [6.45, 7) is 3.72. The average molecular weight is 340 g/mol. The second-order valence-electron chi connectivity index (χ2n) is 4.20. The van der Waals surface area contributed by atoms with Gasteiger partial charge < -0.3 is 10.1 Å². The smallest absolute Gasteiger partial charge is 0.237 e. The number of nitrogens with one attached hydrogen (secondary N) is 1. The summed E-state index contributed by atoms with van der Waals surface area (Å²) in [7, 11) is 0. The highest BCUT2D eigenvalue weighted by Crippen LogP contribution is 2.24. The third-order valence-electron chi connectivity index (χ3n) is 2.53. The van der Waals surface area contributed by atoms with E-state index in [-0.39, 0.29) is 5.82 Å². The van der Waals surface area contributed by atoms with E-state index >= 15 is 0 Å². The molecule has 2 rings (SSSR count). The van der Waals surface area contributed by atoms with Gasteiger partial charge >= 0.3 is 0 Å². The molecule has 0 aliphatic rings. The molecule has 0 atom stereocenters. The molecule has 0 amide bonds. The predicted octanol–water partition coefficient (Wildman–Crippen LogP) is 3.67. The summed E-state index contributed by atoms with van der Waals surface area (Å²) in [4.78, 5) is 8.38. The summed E-state index contributed by atoms with van der Waals surface area (Å²) in [6, 6.07) is 4.54. The second kappa shape index (κ2) is 7.31.